The van der Waals surface area contributed by atoms with Crippen LogP contribution in [0.2, 0.25) is 0 Å². The van der Waals surface area contributed by atoms with E-state index in [1.807, 2.05) is 42.8 Å². The molecule has 144 valence electrons. The maximum Gasteiger partial charge on any atom is 0.240 e. The molecule has 4 rings (SSSR count). The molecule has 1 amide bonds. The van der Waals surface area contributed by atoms with Gasteiger partial charge in [-0.15, -0.1) is 10.2 Å². The van der Waals surface area contributed by atoms with Gasteiger partial charge in [0, 0.05) is 12.1 Å². The summed E-state index contributed by atoms with van der Waals surface area (Å²) in [6.07, 6.45) is 0.765. The van der Waals surface area contributed by atoms with Crippen LogP contribution in [-0.2, 0) is 11.2 Å². The van der Waals surface area contributed by atoms with Crippen LogP contribution in [0, 0.1) is 13.8 Å². The van der Waals surface area contributed by atoms with Crippen LogP contribution in [0.4, 0.5) is 5.69 Å². The van der Waals surface area contributed by atoms with Gasteiger partial charge in [0.2, 0.25) is 11.1 Å². The average molecular weight is 394 g/mol. The number of carbonyl (C=O) groups excluding carboxylic acids is 1. The molecule has 7 heteroatoms. The predicted molar refractivity (Wildman–Crippen MR) is 112 cm³/mol. The highest BCUT2D eigenvalue weighted by atomic mass is 32.2. The number of aromatic nitrogens is 3. The summed E-state index contributed by atoms with van der Waals surface area (Å²) in [6.45, 7) is 6.11. The third kappa shape index (κ3) is 3.62. The fourth-order valence-electron chi connectivity index (χ4n) is 3.29. The standard InChI is InChI=1S/C21H23N5OS/c1-4-17-23-24-21-26(17)25-18(15-10-8-13(2)9-11-15)19(28-21)20(27)22-16-7-5-6-14(3)12-16/h5-12,18-19,25H,4H2,1-3H3,(H,22,27). The SMILES string of the molecule is CCc1nnc2n1NC(c1ccc(C)cc1)C(C(=O)Nc1cccc(C)c1)S2. The Hall–Kier alpha value is -2.80. The maximum atomic E-state index is 13.2. The number of benzene rings is 2. The Bertz CT molecular complexity index is 998. The van der Waals surface area contributed by atoms with Crippen molar-refractivity contribution in [2.24, 2.45) is 0 Å². The van der Waals surface area contributed by atoms with E-state index in [9.17, 15) is 4.79 Å². The molecule has 2 unspecified atom stereocenters. The number of carbonyl (C=O) groups is 1. The van der Waals surface area contributed by atoms with Gasteiger partial charge < -0.3 is 10.7 Å². The molecule has 0 saturated heterocycles. The summed E-state index contributed by atoms with van der Waals surface area (Å²) in [6, 6.07) is 15.9. The van der Waals surface area contributed by atoms with Crippen molar-refractivity contribution in [2.45, 2.75) is 43.6 Å². The lowest BCUT2D eigenvalue weighted by atomic mass is 10.0. The maximum absolute atomic E-state index is 13.2. The molecule has 28 heavy (non-hydrogen) atoms. The number of rotatable bonds is 4. The largest absolute Gasteiger partial charge is 0.325 e. The Labute approximate surface area is 168 Å². The summed E-state index contributed by atoms with van der Waals surface area (Å²) in [4.78, 5) is 13.2. The van der Waals surface area contributed by atoms with Gasteiger partial charge in [-0.1, -0.05) is 60.6 Å². The van der Waals surface area contributed by atoms with Crippen molar-refractivity contribution in [2.75, 3.05) is 10.7 Å². The second kappa shape index (κ2) is 7.67. The van der Waals surface area contributed by atoms with Gasteiger partial charge >= 0.3 is 0 Å². The zero-order valence-electron chi connectivity index (χ0n) is 16.1. The van der Waals surface area contributed by atoms with Gasteiger partial charge in [0.05, 0.1) is 6.04 Å². The van der Waals surface area contributed by atoms with Gasteiger partial charge in [0.25, 0.3) is 0 Å². The first-order chi connectivity index (χ1) is 13.5. The molecule has 2 heterocycles. The molecule has 2 aromatic carbocycles. The first kappa shape index (κ1) is 18.6. The van der Waals surface area contributed by atoms with Gasteiger partial charge in [-0.25, -0.2) is 4.68 Å². The molecule has 0 saturated carbocycles. The molecule has 0 fully saturated rings. The first-order valence-corrected chi connectivity index (χ1v) is 10.2. The van der Waals surface area contributed by atoms with E-state index in [-0.39, 0.29) is 17.2 Å². The van der Waals surface area contributed by atoms with E-state index in [1.54, 1.807) is 0 Å². The van der Waals surface area contributed by atoms with Gasteiger partial charge in [-0.2, -0.15) is 0 Å². The van der Waals surface area contributed by atoms with Crippen LogP contribution >= 0.6 is 11.8 Å². The third-order valence-corrected chi connectivity index (χ3v) is 6.02. The van der Waals surface area contributed by atoms with Crippen LogP contribution in [0.25, 0.3) is 0 Å². The minimum atomic E-state index is -0.371. The van der Waals surface area contributed by atoms with Crippen LogP contribution in [-0.4, -0.2) is 26.0 Å². The summed E-state index contributed by atoms with van der Waals surface area (Å²) in [5.41, 5.74) is 7.62. The van der Waals surface area contributed by atoms with E-state index >= 15 is 0 Å². The van der Waals surface area contributed by atoms with Crippen LogP contribution < -0.4 is 10.7 Å². The lowest BCUT2D eigenvalue weighted by molar-refractivity contribution is -0.116. The quantitative estimate of drug-likeness (QED) is 0.704. The number of fused-ring (bicyclic) bond motifs is 1. The number of aryl methyl sites for hydroxylation is 3. The van der Waals surface area contributed by atoms with E-state index < -0.39 is 0 Å². The van der Waals surface area contributed by atoms with Gasteiger partial charge in [-0.3, -0.25) is 4.79 Å². The van der Waals surface area contributed by atoms with Crippen LogP contribution in [0.3, 0.4) is 0 Å². The lowest BCUT2D eigenvalue weighted by Gasteiger charge is -2.33. The predicted octanol–water partition coefficient (Wildman–Crippen LogP) is 3.86. The van der Waals surface area contributed by atoms with Crippen LogP contribution in [0.1, 0.15) is 35.5 Å². The molecule has 6 nitrogen and oxygen atoms in total. The van der Waals surface area contributed by atoms with E-state index in [1.165, 1.54) is 17.3 Å². The van der Waals surface area contributed by atoms with Gasteiger partial charge in [0.15, 0.2) is 5.82 Å². The van der Waals surface area contributed by atoms with Crippen molar-refractivity contribution in [1.82, 2.24) is 14.9 Å². The normalized spacial score (nSPS) is 18.2. The summed E-state index contributed by atoms with van der Waals surface area (Å²) in [7, 11) is 0. The van der Waals surface area contributed by atoms with Crippen molar-refractivity contribution >= 4 is 23.4 Å². The molecule has 3 aromatic rings. The number of hydrogen-bond acceptors (Lipinski definition) is 5. The van der Waals surface area contributed by atoms with Crippen molar-refractivity contribution in [1.29, 1.82) is 0 Å². The van der Waals surface area contributed by atoms with E-state index in [0.29, 0.717) is 5.16 Å². The molecule has 1 aromatic heterocycles. The Morgan fingerprint density at radius 3 is 2.64 bits per heavy atom. The highest BCUT2D eigenvalue weighted by Gasteiger charge is 2.37. The highest BCUT2D eigenvalue weighted by Crippen LogP contribution is 2.37. The fourth-order valence-corrected chi connectivity index (χ4v) is 4.39. The number of hydrogen-bond donors (Lipinski definition) is 2. The van der Waals surface area contributed by atoms with Crippen molar-refractivity contribution < 1.29 is 4.79 Å². The Balaban J connectivity index is 1.67. The molecule has 0 aliphatic carbocycles. The lowest BCUT2D eigenvalue weighted by Crippen LogP contribution is -2.41. The molecular formula is C21H23N5OS. The molecule has 2 N–H and O–H groups in total. The second-order valence-corrected chi connectivity index (χ2v) is 8.11. The fraction of sp³-hybridized carbons (Fsp3) is 0.286. The van der Waals surface area contributed by atoms with Gasteiger partial charge in [0.1, 0.15) is 5.25 Å². The molecular weight excluding hydrogens is 370 g/mol. The Kier molecular flexibility index (Phi) is 5.09. The summed E-state index contributed by atoms with van der Waals surface area (Å²) in [5, 5.41) is 11.9. The topological polar surface area (TPSA) is 71.8 Å². The van der Waals surface area contributed by atoms with Crippen molar-refractivity contribution in [3.8, 4) is 0 Å². The Morgan fingerprint density at radius 1 is 1.14 bits per heavy atom. The molecule has 0 spiro atoms. The number of amides is 1. The summed E-state index contributed by atoms with van der Waals surface area (Å²) in [5.74, 6) is 0.804. The van der Waals surface area contributed by atoms with Crippen molar-refractivity contribution in [3.63, 3.8) is 0 Å². The highest BCUT2D eigenvalue weighted by molar-refractivity contribution is 8.00. The zero-order valence-corrected chi connectivity index (χ0v) is 17.0. The average Bonchev–Trinajstić information content (AvgIpc) is 3.09. The van der Waals surface area contributed by atoms with Crippen LogP contribution in [0.5, 0.6) is 0 Å². The second-order valence-electron chi connectivity index (χ2n) is 7.00. The zero-order chi connectivity index (χ0) is 19.7. The van der Waals surface area contributed by atoms with Gasteiger partial charge in [-0.05, 0) is 37.1 Å². The summed E-state index contributed by atoms with van der Waals surface area (Å²) < 4.78 is 1.91. The minimum absolute atomic E-state index is 0.0547. The van der Waals surface area contributed by atoms with E-state index in [0.717, 1.165) is 29.1 Å². The molecule has 2 atom stereocenters. The monoisotopic (exact) mass is 393 g/mol. The first-order valence-electron chi connectivity index (χ1n) is 9.36. The number of nitrogens with one attached hydrogen (secondary N) is 2. The number of thioether (sulfide) groups is 1. The third-order valence-electron chi connectivity index (χ3n) is 4.80. The molecule has 1 aliphatic heterocycles. The van der Waals surface area contributed by atoms with Crippen molar-refractivity contribution in [3.05, 3.63) is 71.0 Å². The van der Waals surface area contributed by atoms with E-state index in [4.69, 9.17) is 0 Å². The Morgan fingerprint density at radius 2 is 1.93 bits per heavy atom. The van der Waals surface area contributed by atoms with E-state index in [2.05, 4.69) is 52.1 Å². The number of anilines is 1. The molecule has 0 bridgehead atoms. The van der Waals surface area contributed by atoms with Crippen LogP contribution in [0.15, 0.2) is 53.7 Å². The summed E-state index contributed by atoms with van der Waals surface area (Å²) >= 11 is 1.45. The minimum Gasteiger partial charge on any atom is -0.325 e. The molecule has 1 aliphatic rings. The smallest absolute Gasteiger partial charge is 0.240 e. The molecule has 0 radical (unpaired) electrons. The number of nitrogens with zero attached hydrogens (tertiary/aromatic N) is 3.